The molecule has 0 unspecified atom stereocenters. The molecular formula is C11H18OSi. The second-order valence-corrected chi connectivity index (χ2v) is 10.4. The smallest absolute Gasteiger partial charge is 0.0878 e. The van der Waals surface area contributed by atoms with Crippen LogP contribution in [0.2, 0.25) is 19.6 Å². The minimum atomic E-state index is -1.26. The van der Waals surface area contributed by atoms with Gasteiger partial charge < -0.3 is 4.74 Å². The first-order chi connectivity index (χ1) is 6.04. The van der Waals surface area contributed by atoms with Crippen LogP contribution in [-0.2, 0) is 4.74 Å². The molecule has 2 rings (SSSR count). The van der Waals surface area contributed by atoms with E-state index >= 15 is 0 Å². The van der Waals surface area contributed by atoms with Gasteiger partial charge in [0.05, 0.1) is 19.4 Å². The van der Waals surface area contributed by atoms with Crippen LogP contribution < -0.4 is 0 Å². The molecule has 0 N–H and O–H groups in total. The lowest BCUT2D eigenvalue weighted by Gasteiger charge is -2.46. The normalized spacial score (nSPS) is 37.9. The maximum absolute atomic E-state index is 6.16. The molecular weight excluding hydrogens is 176 g/mol. The van der Waals surface area contributed by atoms with Crippen molar-refractivity contribution in [2.75, 3.05) is 0 Å². The van der Waals surface area contributed by atoms with Crippen molar-refractivity contribution in [1.29, 1.82) is 0 Å². The van der Waals surface area contributed by atoms with Crippen molar-refractivity contribution in [1.82, 2.24) is 0 Å². The van der Waals surface area contributed by atoms with Crippen LogP contribution in [0.15, 0.2) is 24.3 Å². The Morgan fingerprint density at radius 2 is 2.08 bits per heavy atom. The summed E-state index contributed by atoms with van der Waals surface area (Å²) in [7, 11) is -1.26. The van der Waals surface area contributed by atoms with Gasteiger partial charge in [-0.1, -0.05) is 43.9 Å². The highest BCUT2D eigenvalue weighted by atomic mass is 28.3. The quantitative estimate of drug-likeness (QED) is 0.461. The highest BCUT2D eigenvalue weighted by molar-refractivity contribution is 6.79. The molecule has 2 heterocycles. The van der Waals surface area contributed by atoms with Gasteiger partial charge in [-0.15, -0.1) is 0 Å². The van der Waals surface area contributed by atoms with Gasteiger partial charge in [0.25, 0.3) is 0 Å². The molecule has 2 aliphatic heterocycles. The summed E-state index contributed by atoms with van der Waals surface area (Å²) in [5, 5.41) is 0.0880. The summed E-state index contributed by atoms with van der Waals surface area (Å²) < 4.78 is 6.16. The van der Waals surface area contributed by atoms with Gasteiger partial charge in [0.1, 0.15) is 0 Å². The summed E-state index contributed by atoms with van der Waals surface area (Å²) in [6, 6.07) is 0. The monoisotopic (exact) mass is 194 g/mol. The van der Waals surface area contributed by atoms with Crippen molar-refractivity contribution in [2.24, 2.45) is 0 Å². The molecule has 0 saturated carbocycles. The van der Waals surface area contributed by atoms with Crippen molar-refractivity contribution in [3.05, 3.63) is 24.3 Å². The molecule has 2 bridgehead atoms. The Kier molecular flexibility index (Phi) is 2.00. The molecule has 0 amide bonds. The number of hydrogen-bond donors (Lipinski definition) is 0. The first kappa shape index (κ1) is 9.22. The molecule has 2 heteroatoms. The highest BCUT2D eigenvalue weighted by Gasteiger charge is 2.45. The summed E-state index contributed by atoms with van der Waals surface area (Å²) >= 11 is 0. The van der Waals surface area contributed by atoms with Crippen molar-refractivity contribution < 1.29 is 4.74 Å². The molecule has 0 aromatic heterocycles. The highest BCUT2D eigenvalue weighted by Crippen LogP contribution is 2.38. The van der Waals surface area contributed by atoms with Crippen LogP contribution in [0.25, 0.3) is 0 Å². The van der Waals surface area contributed by atoms with E-state index in [1.165, 1.54) is 0 Å². The van der Waals surface area contributed by atoms with Crippen molar-refractivity contribution in [3.63, 3.8) is 0 Å². The van der Waals surface area contributed by atoms with Crippen LogP contribution in [0.5, 0.6) is 0 Å². The van der Waals surface area contributed by atoms with E-state index in [0.29, 0.717) is 6.10 Å². The van der Waals surface area contributed by atoms with E-state index in [0.717, 1.165) is 12.8 Å². The number of hydrogen-bond acceptors (Lipinski definition) is 1. The van der Waals surface area contributed by atoms with Crippen LogP contribution >= 0.6 is 0 Å². The van der Waals surface area contributed by atoms with E-state index in [9.17, 15) is 0 Å². The van der Waals surface area contributed by atoms with Crippen molar-refractivity contribution in [3.8, 4) is 0 Å². The Hall–Kier alpha value is -0.343. The average molecular weight is 194 g/mol. The van der Waals surface area contributed by atoms with E-state index in [1.807, 2.05) is 0 Å². The second kappa shape index (κ2) is 2.82. The summed E-state index contributed by atoms with van der Waals surface area (Å²) in [6.45, 7) is 7.16. The lowest BCUT2D eigenvalue weighted by Crippen LogP contribution is -2.56. The third kappa shape index (κ3) is 1.42. The number of fused-ring (bicyclic) bond motifs is 2. The van der Waals surface area contributed by atoms with E-state index < -0.39 is 8.07 Å². The molecule has 0 saturated heterocycles. The molecule has 1 nitrogen and oxygen atoms in total. The second-order valence-electron chi connectivity index (χ2n) is 5.07. The Morgan fingerprint density at radius 1 is 1.31 bits per heavy atom. The zero-order chi connectivity index (χ0) is 9.53. The van der Waals surface area contributed by atoms with E-state index in [1.54, 1.807) is 0 Å². The predicted molar refractivity (Wildman–Crippen MR) is 58.5 cm³/mol. The summed E-state index contributed by atoms with van der Waals surface area (Å²) in [5.74, 6) is 0. The van der Waals surface area contributed by atoms with Crippen LogP contribution in [0.1, 0.15) is 12.8 Å². The van der Waals surface area contributed by atoms with Crippen molar-refractivity contribution in [2.45, 2.75) is 43.8 Å². The summed E-state index contributed by atoms with van der Waals surface area (Å²) in [6.07, 6.45) is 11.6. The molecule has 0 aromatic rings. The summed E-state index contributed by atoms with van der Waals surface area (Å²) in [5.41, 5.74) is 0. The van der Waals surface area contributed by atoms with Gasteiger partial charge >= 0.3 is 0 Å². The fourth-order valence-electron chi connectivity index (χ4n) is 2.11. The fraction of sp³-hybridized carbons (Fsp3) is 0.636. The van der Waals surface area contributed by atoms with Gasteiger partial charge in [-0.05, 0) is 12.8 Å². The molecule has 13 heavy (non-hydrogen) atoms. The van der Waals surface area contributed by atoms with Crippen LogP contribution in [0, 0.1) is 0 Å². The minimum Gasteiger partial charge on any atom is -0.367 e. The van der Waals surface area contributed by atoms with Crippen molar-refractivity contribution >= 4 is 8.07 Å². The zero-order valence-corrected chi connectivity index (χ0v) is 9.71. The maximum atomic E-state index is 6.16. The lowest BCUT2D eigenvalue weighted by atomic mass is 10.0. The minimum absolute atomic E-state index is 0.0880. The first-order valence-corrected chi connectivity index (χ1v) is 8.56. The van der Waals surface area contributed by atoms with Gasteiger partial charge in [-0.25, -0.2) is 0 Å². The Morgan fingerprint density at radius 3 is 2.69 bits per heavy atom. The third-order valence-corrected chi connectivity index (χ3v) is 6.19. The van der Waals surface area contributed by atoms with Crippen LogP contribution in [0.3, 0.4) is 0 Å². The topological polar surface area (TPSA) is 9.23 Å². The largest absolute Gasteiger partial charge is 0.367 e. The maximum Gasteiger partial charge on any atom is 0.0878 e. The van der Waals surface area contributed by atoms with Gasteiger partial charge in [-0.2, -0.15) is 0 Å². The van der Waals surface area contributed by atoms with E-state index in [-0.39, 0.29) is 5.22 Å². The SMILES string of the molecule is C[Si](C)(C)[C@]12C=CC[C@H](C=CC1)O2. The Balaban J connectivity index is 2.36. The third-order valence-electron chi connectivity index (χ3n) is 3.16. The van der Waals surface area contributed by atoms with Gasteiger partial charge in [0, 0.05) is 0 Å². The lowest BCUT2D eigenvalue weighted by molar-refractivity contribution is -0.00918. The van der Waals surface area contributed by atoms with Crippen LogP contribution in [0.4, 0.5) is 0 Å². The molecule has 2 aliphatic rings. The first-order valence-electron chi connectivity index (χ1n) is 5.06. The molecule has 72 valence electrons. The predicted octanol–water partition coefficient (Wildman–Crippen LogP) is 2.91. The summed E-state index contributed by atoms with van der Waals surface area (Å²) in [4.78, 5) is 0. The number of rotatable bonds is 1. The van der Waals surface area contributed by atoms with Gasteiger partial charge in [0.2, 0.25) is 0 Å². The molecule has 0 radical (unpaired) electrons. The standard InChI is InChI=1S/C11H18OSi/c1-13(2,3)11-8-4-6-10(12-11)7-5-9-11/h4-6,9-10H,7-8H2,1-3H3/t10-,11-/m0/s1. The zero-order valence-electron chi connectivity index (χ0n) is 8.71. The molecule has 0 aliphatic carbocycles. The average Bonchev–Trinajstić information content (AvgIpc) is 2.02. The Labute approximate surface area is 81.5 Å². The Bertz CT molecular complexity index is 262. The molecule has 0 spiro atoms. The number of ether oxygens (including phenoxy) is 1. The molecule has 0 fully saturated rings. The van der Waals surface area contributed by atoms with E-state index in [2.05, 4.69) is 43.9 Å². The van der Waals surface area contributed by atoms with E-state index in [4.69, 9.17) is 4.74 Å². The fourth-order valence-corrected chi connectivity index (χ4v) is 3.96. The van der Waals surface area contributed by atoms with Gasteiger partial charge in [-0.3, -0.25) is 0 Å². The van der Waals surface area contributed by atoms with Gasteiger partial charge in [0.15, 0.2) is 0 Å². The molecule has 2 atom stereocenters. The van der Waals surface area contributed by atoms with Crippen LogP contribution in [-0.4, -0.2) is 19.4 Å². The molecule has 0 aromatic carbocycles.